The van der Waals surface area contributed by atoms with Gasteiger partial charge in [0.05, 0.1) is 11.6 Å². The van der Waals surface area contributed by atoms with Crippen molar-refractivity contribution in [3.8, 4) is 0 Å². The average Bonchev–Trinajstić information content (AvgIpc) is 2.98. The standard InChI is InChI=1S/C29H38N6O6/c1-5-39-28(40-6-2)21(4)35(18-24-10-7-9-23-11-8-14-31-26(23)24)27(37)20(3)33-25(36)19-41-34-29(38)32-17-22-12-15-30-16-13-22/h7-16,20-21,28H,5-6,17-19H2,1-4H3,(H,33,36)(H2,32,34,38). The van der Waals surface area contributed by atoms with E-state index in [1.165, 1.54) is 0 Å². The van der Waals surface area contributed by atoms with E-state index in [-0.39, 0.29) is 19.0 Å². The molecule has 0 saturated heterocycles. The number of ether oxygens (including phenoxy) is 2. The molecule has 0 bridgehead atoms. The zero-order chi connectivity index (χ0) is 29.6. The molecule has 2 heterocycles. The Bertz CT molecular complexity index is 1270. The third-order valence-electron chi connectivity index (χ3n) is 6.21. The van der Waals surface area contributed by atoms with Crippen LogP contribution in [-0.2, 0) is 37.0 Å². The number of benzene rings is 1. The number of hydrogen-bond donors (Lipinski definition) is 3. The number of fused-ring (bicyclic) bond motifs is 1. The molecule has 3 N–H and O–H groups in total. The zero-order valence-electron chi connectivity index (χ0n) is 23.8. The molecule has 3 rings (SSSR count). The second-order valence-electron chi connectivity index (χ2n) is 9.20. The van der Waals surface area contributed by atoms with Gasteiger partial charge in [0.25, 0.3) is 0 Å². The Labute approximate surface area is 239 Å². The molecular weight excluding hydrogens is 528 g/mol. The smallest absolute Gasteiger partial charge is 0.338 e. The van der Waals surface area contributed by atoms with Gasteiger partial charge in [-0.2, -0.15) is 0 Å². The number of nitrogens with zero attached hydrogens (tertiary/aromatic N) is 3. The van der Waals surface area contributed by atoms with Crippen molar-refractivity contribution in [2.24, 2.45) is 0 Å². The summed E-state index contributed by atoms with van der Waals surface area (Å²) in [5.41, 5.74) is 4.64. The first kappa shape index (κ1) is 31.4. The molecule has 4 amide bonds. The van der Waals surface area contributed by atoms with E-state index in [1.807, 2.05) is 51.1 Å². The van der Waals surface area contributed by atoms with E-state index in [9.17, 15) is 14.4 Å². The Morgan fingerprint density at radius 2 is 1.66 bits per heavy atom. The Kier molecular flexibility index (Phi) is 12.4. The van der Waals surface area contributed by atoms with Crippen LogP contribution in [-0.4, -0.2) is 70.9 Å². The SMILES string of the molecule is CCOC(OCC)C(C)N(Cc1cccc2cccnc12)C(=O)C(C)NC(=O)CONC(=O)NCc1ccncc1. The summed E-state index contributed by atoms with van der Waals surface area (Å²) in [6.45, 7) is 7.96. The van der Waals surface area contributed by atoms with Gasteiger partial charge in [-0.25, -0.2) is 10.3 Å². The highest BCUT2D eigenvalue weighted by Crippen LogP contribution is 2.21. The number of rotatable bonds is 15. The van der Waals surface area contributed by atoms with Crippen LogP contribution in [0.2, 0.25) is 0 Å². The molecule has 3 aromatic rings. The van der Waals surface area contributed by atoms with Gasteiger partial charge in [0.2, 0.25) is 11.8 Å². The minimum absolute atomic E-state index is 0.223. The maximum Gasteiger partial charge on any atom is 0.338 e. The first-order chi connectivity index (χ1) is 19.8. The highest BCUT2D eigenvalue weighted by atomic mass is 16.7. The van der Waals surface area contributed by atoms with Crippen LogP contribution in [0.15, 0.2) is 61.1 Å². The Hall–Kier alpha value is -4.13. The van der Waals surface area contributed by atoms with Crippen LogP contribution in [0.5, 0.6) is 0 Å². The molecule has 220 valence electrons. The van der Waals surface area contributed by atoms with E-state index >= 15 is 0 Å². The topological polar surface area (TPSA) is 144 Å². The number of pyridine rings is 2. The molecule has 0 aliphatic heterocycles. The van der Waals surface area contributed by atoms with Crippen LogP contribution in [0, 0.1) is 0 Å². The van der Waals surface area contributed by atoms with Crippen LogP contribution in [0.4, 0.5) is 4.79 Å². The van der Waals surface area contributed by atoms with Crippen molar-refractivity contribution >= 4 is 28.7 Å². The number of carbonyl (C=O) groups excluding carboxylic acids is 3. The van der Waals surface area contributed by atoms with E-state index in [1.54, 1.807) is 42.5 Å². The predicted molar refractivity (Wildman–Crippen MR) is 152 cm³/mol. The summed E-state index contributed by atoms with van der Waals surface area (Å²) in [5, 5.41) is 6.19. The van der Waals surface area contributed by atoms with Crippen molar-refractivity contribution in [1.82, 2.24) is 31.0 Å². The molecule has 12 nitrogen and oxygen atoms in total. The van der Waals surface area contributed by atoms with Gasteiger partial charge in [0.1, 0.15) is 6.04 Å². The van der Waals surface area contributed by atoms with Crippen LogP contribution < -0.4 is 16.1 Å². The fourth-order valence-corrected chi connectivity index (χ4v) is 4.18. The summed E-state index contributed by atoms with van der Waals surface area (Å²) in [6, 6.07) is 11.1. The average molecular weight is 567 g/mol. The van der Waals surface area contributed by atoms with E-state index in [2.05, 4.69) is 26.1 Å². The minimum Gasteiger partial charge on any atom is -0.351 e. The second-order valence-corrected chi connectivity index (χ2v) is 9.20. The molecular formula is C29H38N6O6. The Balaban J connectivity index is 1.63. The molecule has 0 fully saturated rings. The highest BCUT2D eigenvalue weighted by Gasteiger charge is 2.32. The number of hydroxylamine groups is 1. The van der Waals surface area contributed by atoms with Crippen LogP contribution in [0.3, 0.4) is 0 Å². The zero-order valence-corrected chi connectivity index (χ0v) is 23.8. The maximum atomic E-state index is 13.7. The van der Waals surface area contributed by atoms with Gasteiger partial charge < -0.3 is 25.0 Å². The molecule has 1 aromatic carbocycles. The Morgan fingerprint density at radius 3 is 2.37 bits per heavy atom. The van der Waals surface area contributed by atoms with Gasteiger partial charge in [-0.05, 0) is 57.0 Å². The second kappa shape index (κ2) is 16.2. The summed E-state index contributed by atoms with van der Waals surface area (Å²) in [5.74, 6) is -0.919. The van der Waals surface area contributed by atoms with Gasteiger partial charge >= 0.3 is 6.03 Å². The molecule has 2 aromatic heterocycles. The number of nitrogens with one attached hydrogen (secondary N) is 3. The Morgan fingerprint density at radius 1 is 0.951 bits per heavy atom. The van der Waals surface area contributed by atoms with Crippen LogP contribution in [0.25, 0.3) is 10.9 Å². The van der Waals surface area contributed by atoms with Crippen molar-refractivity contribution in [2.45, 2.75) is 59.2 Å². The lowest BCUT2D eigenvalue weighted by molar-refractivity contribution is -0.179. The lowest BCUT2D eigenvalue weighted by Crippen LogP contribution is -2.54. The number of aromatic nitrogens is 2. The molecule has 2 atom stereocenters. The molecule has 41 heavy (non-hydrogen) atoms. The van der Waals surface area contributed by atoms with E-state index in [0.29, 0.717) is 13.2 Å². The fourth-order valence-electron chi connectivity index (χ4n) is 4.18. The third-order valence-corrected chi connectivity index (χ3v) is 6.21. The van der Waals surface area contributed by atoms with E-state index in [0.717, 1.165) is 22.0 Å². The quantitative estimate of drug-likeness (QED) is 0.188. The molecule has 0 radical (unpaired) electrons. The van der Waals surface area contributed by atoms with Gasteiger partial charge in [-0.1, -0.05) is 24.3 Å². The molecule has 0 aliphatic rings. The molecule has 0 spiro atoms. The molecule has 2 unspecified atom stereocenters. The molecule has 0 saturated carbocycles. The lowest BCUT2D eigenvalue weighted by atomic mass is 10.1. The maximum absolute atomic E-state index is 13.7. The first-order valence-corrected chi connectivity index (χ1v) is 13.5. The number of urea groups is 1. The molecule has 0 aliphatic carbocycles. The van der Waals surface area contributed by atoms with Gasteiger partial charge in [-0.3, -0.25) is 24.4 Å². The van der Waals surface area contributed by atoms with Gasteiger partial charge in [0.15, 0.2) is 12.9 Å². The minimum atomic E-state index is -0.902. The summed E-state index contributed by atoms with van der Waals surface area (Å²) in [4.78, 5) is 53.3. The van der Waals surface area contributed by atoms with Crippen molar-refractivity contribution in [2.75, 3.05) is 19.8 Å². The van der Waals surface area contributed by atoms with Crippen molar-refractivity contribution < 1.29 is 28.7 Å². The van der Waals surface area contributed by atoms with Crippen molar-refractivity contribution in [1.29, 1.82) is 0 Å². The lowest BCUT2D eigenvalue weighted by Gasteiger charge is -2.36. The predicted octanol–water partition coefficient (Wildman–Crippen LogP) is 2.68. The number of amides is 4. The largest absolute Gasteiger partial charge is 0.351 e. The number of carbonyl (C=O) groups is 3. The number of para-hydroxylation sites is 1. The van der Waals surface area contributed by atoms with Crippen molar-refractivity contribution in [3.63, 3.8) is 0 Å². The number of hydrogen-bond acceptors (Lipinski definition) is 8. The fraction of sp³-hybridized carbons (Fsp3) is 0.414. The normalized spacial score (nSPS) is 12.5. The monoisotopic (exact) mass is 566 g/mol. The van der Waals surface area contributed by atoms with Crippen molar-refractivity contribution in [3.05, 3.63) is 72.2 Å². The van der Waals surface area contributed by atoms with Crippen LogP contribution in [0.1, 0.15) is 38.8 Å². The summed E-state index contributed by atoms with van der Waals surface area (Å²) >= 11 is 0. The highest BCUT2D eigenvalue weighted by molar-refractivity contribution is 5.88. The van der Waals surface area contributed by atoms with E-state index < -0.39 is 36.9 Å². The third kappa shape index (κ3) is 9.48. The summed E-state index contributed by atoms with van der Waals surface area (Å²) < 4.78 is 11.6. The summed E-state index contributed by atoms with van der Waals surface area (Å²) in [7, 11) is 0. The summed E-state index contributed by atoms with van der Waals surface area (Å²) in [6.07, 6.45) is 4.28. The van der Waals surface area contributed by atoms with Gasteiger partial charge in [-0.15, -0.1) is 0 Å². The van der Waals surface area contributed by atoms with E-state index in [4.69, 9.17) is 14.3 Å². The van der Waals surface area contributed by atoms with Crippen LogP contribution >= 0.6 is 0 Å². The van der Waals surface area contributed by atoms with Gasteiger partial charge in [0, 0.05) is 50.3 Å². The first-order valence-electron chi connectivity index (χ1n) is 13.5. The molecule has 12 heteroatoms.